The van der Waals surface area contributed by atoms with Gasteiger partial charge in [-0.3, -0.25) is 4.79 Å². The second-order valence-electron chi connectivity index (χ2n) is 3.93. The molecule has 2 bridgehead atoms. The van der Waals surface area contributed by atoms with E-state index in [0.29, 0.717) is 0 Å². The molecule has 13 heavy (non-hydrogen) atoms. The number of carbonyl (C=O) groups is 1. The molecule has 1 saturated heterocycles. The first kappa shape index (κ1) is 8.91. The molecule has 72 valence electrons. The minimum atomic E-state index is -0.539. The lowest BCUT2D eigenvalue weighted by atomic mass is 9.87. The summed E-state index contributed by atoms with van der Waals surface area (Å²) in [4.78, 5) is 11.8. The summed E-state index contributed by atoms with van der Waals surface area (Å²) < 4.78 is 10.9. The number of ether oxygens (including phenoxy) is 2. The Labute approximate surface area is 77.7 Å². The minimum absolute atomic E-state index is 0.0519. The lowest BCUT2D eigenvalue weighted by Gasteiger charge is -2.38. The van der Waals surface area contributed by atoms with E-state index in [0.717, 1.165) is 0 Å². The van der Waals surface area contributed by atoms with Crippen LogP contribution in [0.1, 0.15) is 13.8 Å². The fourth-order valence-corrected chi connectivity index (χ4v) is 2.11. The van der Waals surface area contributed by atoms with Gasteiger partial charge < -0.3 is 9.47 Å². The predicted octanol–water partition coefficient (Wildman–Crippen LogP) is 0.934. The molecular weight excluding hydrogens is 168 g/mol. The van der Waals surface area contributed by atoms with Crippen LogP contribution in [0.25, 0.3) is 0 Å². The van der Waals surface area contributed by atoms with Gasteiger partial charge in [0.15, 0.2) is 5.78 Å². The van der Waals surface area contributed by atoms with Gasteiger partial charge in [0.2, 0.25) is 0 Å². The van der Waals surface area contributed by atoms with E-state index in [4.69, 9.17) is 9.47 Å². The number of hydrogen-bond acceptors (Lipinski definition) is 3. The van der Waals surface area contributed by atoms with Crippen LogP contribution in [-0.2, 0) is 14.3 Å². The van der Waals surface area contributed by atoms with Crippen LogP contribution >= 0.6 is 0 Å². The van der Waals surface area contributed by atoms with Gasteiger partial charge in [-0.05, 0) is 6.92 Å². The molecule has 0 N–H and O–H groups in total. The molecule has 3 nitrogen and oxygen atoms in total. The van der Waals surface area contributed by atoms with Crippen LogP contribution in [0.5, 0.6) is 0 Å². The molecule has 0 amide bonds. The maximum Gasteiger partial charge on any atom is 0.170 e. The molecule has 2 aliphatic heterocycles. The van der Waals surface area contributed by atoms with Crippen molar-refractivity contribution < 1.29 is 14.3 Å². The van der Waals surface area contributed by atoms with E-state index in [-0.39, 0.29) is 17.8 Å². The minimum Gasteiger partial charge on any atom is -0.370 e. The Morgan fingerprint density at radius 1 is 1.62 bits per heavy atom. The van der Waals surface area contributed by atoms with Gasteiger partial charge in [0.1, 0.15) is 11.7 Å². The smallest absolute Gasteiger partial charge is 0.170 e. The first-order valence-electron chi connectivity index (χ1n) is 4.52. The molecule has 1 fully saturated rings. The highest BCUT2D eigenvalue weighted by atomic mass is 16.6. The number of fused-ring (bicyclic) bond motifs is 2. The van der Waals surface area contributed by atoms with Crippen molar-refractivity contribution >= 4 is 5.78 Å². The molecule has 0 saturated carbocycles. The standard InChI is InChI=1S/C10H14O3/c1-6-7-4-5-10(2,13-7)9(12-3)8(6)11/h4-7,9H,1-3H3/t6-,7+,9-,10-/m0/s1. The van der Waals surface area contributed by atoms with Crippen molar-refractivity contribution in [2.24, 2.45) is 5.92 Å². The zero-order valence-electron chi connectivity index (χ0n) is 8.11. The Balaban J connectivity index is 2.35. The Hall–Kier alpha value is -0.670. The van der Waals surface area contributed by atoms with Gasteiger partial charge in [0.05, 0.1) is 6.10 Å². The van der Waals surface area contributed by atoms with E-state index in [1.54, 1.807) is 7.11 Å². The number of rotatable bonds is 1. The molecule has 2 rings (SSSR count). The quantitative estimate of drug-likeness (QED) is 0.566. The van der Waals surface area contributed by atoms with Gasteiger partial charge in [-0.25, -0.2) is 0 Å². The van der Waals surface area contributed by atoms with Crippen LogP contribution in [0.3, 0.4) is 0 Å². The van der Waals surface area contributed by atoms with Crippen molar-refractivity contribution in [1.29, 1.82) is 0 Å². The summed E-state index contributed by atoms with van der Waals surface area (Å²) in [6.45, 7) is 3.77. The molecule has 2 aliphatic rings. The number of Topliss-reactive ketones (excluding diaryl/α,β-unsaturated/α-hetero) is 1. The van der Waals surface area contributed by atoms with E-state index in [9.17, 15) is 4.79 Å². The van der Waals surface area contributed by atoms with E-state index in [1.807, 2.05) is 26.0 Å². The summed E-state index contributed by atoms with van der Waals surface area (Å²) in [5.41, 5.74) is -0.539. The molecule has 0 aliphatic carbocycles. The third-order valence-corrected chi connectivity index (χ3v) is 2.96. The third kappa shape index (κ3) is 1.07. The summed E-state index contributed by atoms with van der Waals surface area (Å²) >= 11 is 0. The van der Waals surface area contributed by atoms with Crippen molar-refractivity contribution in [2.75, 3.05) is 7.11 Å². The summed E-state index contributed by atoms with van der Waals surface area (Å²) in [6.07, 6.45) is 3.40. The fraction of sp³-hybridized carbons (Fsp3) is 0.700. The van der Waals surface area contributed by atoms with Crippen LogP contribution in [0.4, 0.5) is 0 Å². The Kier molecular flexibility index (Phi) is 1.82. The molecule has 0 aromatic carbocycles. The molecular formula is C10H14O3. The molecule has 0 spiro atoms. The molecule has 3 heteroatoms. The maximum absolute atomic E-state index is 11.8. The highest BCUT2D eigenvalue weighted by molar-refractivity contribution is 5.89. The molecule has 4 atom stereocenters. The van der Waals surface area contributed by atoms with Crippen LogP contribution in [0.2, 0.25) is 0 Å². The van der Waals surface area contributed by atoms with Gasteiger partial charge >= 0.3 is 0 Å². The highest BCUT2D eigenvalue weighted by Crippen LogP contribution is 2.38. The monoisotopic (exact) mass is 182 g/mol. The Morgan fingerprint density at radius 3 is 2.92 bits per heavy atom. The largest absolute Gasteiger partial charge is 0.370 e. The van der Waals surface area contributed by atoms with Crippen molar-refractivity contribution in [3.63, 3.8) is 0 Å². The van der Waals surface area contributed by atoms with Crippen LogP contribution in [0, 0.1) is 5.92 Å². The SMILES string of the molecule is CO[C@H]1C(=O)[C@@H](C)[C@H]2C=C[C@]1(C)O2. The lowest BCUT2D eigenvalue weighted by molar-refractivity contribution is -0.175. The Bertz CT molecular complexity index is 271. The second-order valence-corrected chi connectivity index (χ2v) is 3.93. The number of ketones is 1. The fourth-order valence-electron chi connectivity index (χ4n) is 2.11. The van der Waals surface area contributed by atoms with Crippen molar-refractivity contribution in [2.45, 2.75) is 31.7 Å². The molecule has 2 heterocycles. The van der Waals surface area contributed by atoms with Crippen LogP contribution < -0.4 is 0 Å². The number of hydrogen-bond donors (Lipinski definition) is 0. The van der Waals surface area contributed by atoms with Gasteiger partial charge in [0.25, 0.3) is 0 Å². The number of methoxy groups -OCH3 is 1. The molecule has 0 aromatic heterocycles. The van der Waals surface area contributed by atoms with Crippen molar-refractivity contribution in [3.8, 4) is 0 Å². The Morgan fingerprint density at radius 2 is 2.31 bits per heavy atom. The predicted molar refractivity (Wildman–Crippen MR) is 47.4 cm³/mol. The highest BCUT2D eigenvalue weighted by Gasteiger charge is 2.51. The third-order valence-electron chi connectivity index (χ3n) is 2.96. The molecule has 0 unspecified atom stereocenters. The van der Waals surface area contributed by atoms with Gasteiger partial charge in [-0.2, -0.15) is 0 Å². The summed E-state index contributed by atoms with van der Waals surface area (Å²) in [5, 5.41) is 0. The summed E-state index contributed by atoms with van der Waals surface area (Å²) in [5.74, 6) is 0.0584. The lowest BCUT2D eigenvalue weighted by Crippen LogP contribution is -2.54. The second kappa shape index (κ2) is 2.66. The zero-order valence-corrected chi connectivity index (χ0v) is 8.11. The van der Waals surface area contributed by atoms with Gasteiger partial charge in [-0.1, -0.05) is 19.1 Å². The molecule has 0 radical (unpaired) electrons. The van der Waals surface area contributed by atoms with E-state index in [2.05, 4.69) is 0 Å². The zero-order chi connectivity index (χ0) is 9.64. The maximum atomic E-state index is 11.8. The average molecular weight is 182 g/mol. The first-order chi connectivity index (χ1) is 6.08. The normalized spacial score (nSPS) is 48.5. The van der Waals surface area contributed by atoms with Gasteiger partial charge in [0, 0.05) is 13.0 Å². The van der Waals surface area contributed by atoms with E-state index >= 15 is 0 Å². The molecule has 0 aromatic rings. The van der Waals surface area contributed by atoms with Crippen LogP contribution in [0.15, 0.2) is 12.2 Å². The van der Waals surface area contributed by atoms with Gasteiger partial charge in [-0.15, -0.1) is 0 Å². The van der Waals surface area contributed by atoms with Crippen LogP contribution in [-0.4, -0.2) is 30.7 Å². The van der Waals surface area contributed by atoms with Crippen molar-refractivity contribution in [1.82, 2.24) is 0 Å². The summed E-state index contributed by atoms with van der Waals surface area (Å²) in [7, 11) is 1.55. The first-order valence-corrected chi connectivity index (χ1v) is 4.52. The van der Waals surface area contributed by atoms with Crippen molar-refractivity contribution in [3.05, 3.63) is 12.2 Å². The summed E-state index contributed by atoms with van der Waals surface area (Å²) in [6, 6.07) is 0. The van der Waals surface area contributed by atoms with E-state index < -0.39 is 11.7 Å². The number of carbonyl (C=O) groups excluding carboxylic acids is 1. The topological polar surface area (TPSA) is 35.5 Å². The average Bonchev–Trinajstić information content (AvgIpc) is 2.44. The van der Waals surface area contributed by atoms with E-state index in [1.165, 1.54) is 0 Å².